The maximum Gasteiger partial charge on any atom is 0.438 e. The monoisotopic (exact) mass is 497 g/mol. The molecule has 1 aromatic heterocycles. The third kappa shape index (κ3) is 3.70. The van der Waals surface area contributed by atoms with Gasteiger partial charge in [0.25, 0.3) is 5.72 Å². The van der Waals surface area contributed by atoms with Gasteiger partial charge in [-0.15, -0.1) is 11.3 Å². The molecule has 1 aliphatic heterocycles. The molecule has 0 amide bonds. The predicted molar refractivity (Wildman–Crippen MR) is 113 cm³/mol. The molecule has 0 saturated heterocycles. The first-order valence-electron chi connectivity index (χ1n) is 8.74. The Morgan fingerprint density at radius 2 is 1.73 bits per heavy atom. The molecule has 1 aliphatic rings. The number of halogens is 4. The van der Waals surface area contributed by atoms with Crippen LogP contribution in [0.5, 0.6) is 5.75 Å². The minimum atomic E-state index is -4.93. The highest BCUT2D eigenvalue weighted by Crippen LogP contribution is 2.45. The molecule has 0 spiro atoms. The van der Waals surface area contributed by atoms with Crippen molar-refractivity contribution in [2.24, 2.45) is 5.10 Å². The fourth-order valence-electron chi connectivity index (χ4n) is 3.03. The van der Waals surface area contributed by atoms with Crippen LogP contribution < -0.4 is 9.75 Å². The average molecular weight is 498 g/mol. The first kappa shape index (κ1) is 20.8. The Labute approximate surface area is 182 Å². The van der Waals surface area contributed by atoms with Crippen LogP contribution in [-0.4, -0.2) is 34.8 Å². The maximum atomic E-state index is 13.8. The van der Waals surface area contributed by atoms with E-state index in [0.29, 0.717) is 27.6 Å². The van der Waals surface area contributed by atoms with Gasteiger partial charge in [-0.05, 0) is 42.0 Å². The van der Waals surface area contributed by atoms with Gasteiger partial charge in [0, 0.05) is 15.4 Å². The van der Waals surface area contributed by atoms with Crippen molar-refractivity contribution >= 4 is 38.1 Å². The number of methoxy groups -OCH3 is 1. The van der Waals surface area contributed by atoms with Crippen molar-refractivity contribution in [2.75, 3.05) is 12.1 Å². The standard InChI is InChI=1S/C20H15BrF3N3O2S/c1-29-15-8-4-13(5-9-15)17-11-30-18(25-17)27-19(28,20(22,23)24)10-16(26-27)12-2-6-14(21)7-3-12/h2-9,11,28H,10H2,1H3/t19-/m1/s1. The van der Waals surface area contributed by atoms with Crippen LogP contribution in [0.25, 0.3) is 11.3 Å². The molecular formula is C20H15BrF3N3O2S. The van der Waals surface area contributed by atoms with Crippen LogP contribution in [0.1, 0.15) is 12.0 Å². The summed E-state index contributed by atoms with van der Waals surface area (Å²) in [6, 6.07) is 13.7. The number of hydrogen-bond acceptors (Lipinski definition) is 6. The molecule has 156 valence electrons. The molecule has 1 N–H and O–H groups in total. The topological polar surface area (TPSA) is 58.0 Å². The quantitative estimate of drug-likeness (QED) is 0.520. The minimum Gasteiger partial charge on any atom is -0.497 e. The predicted octanol–water partition coefficient (Wildman–Crippen LogP) is 5.45. The van der Waals surface area contributed by atoms with Crippen molar-refractivity contribution in [1.29, 1.82) is 0 Å². The molecular weight excluding hydrogens is 483 g/mol. The zero-order valence-corrected chi connectivity index (χ0v) is 17.9. The largest absolute Gasteiger partial charge is 0.497 e. The Balaban J connectivity index is 1.72. The third-order valence-electron chi connectivity index (χ3n) is 4.68. The molecule has 10 heteroatoms. The molecule has 30 heavy (non-hydrogen) atoms. The molecule has 5 nitrogen and oxygen atoms in total. The van der Waals surface area contributed by atoms with E-state index in [4.69, 9.17) is 4.74 Å². The second-order valence-corrected chi connectivity index (χ2v) is 8.35. The van der Waals surface area contributed by atoms with Gasteiger partial charge in [-0.25, -0.2) is 4.98 Å². The molecule has 3 aromatic rings. The summed E-state index contributed by atoms with van der Waals surface area (Å²) < 4.78 is 47.4. The van der Waals surface area contributed by atoms with Crippen molar-refractivity contribution in [3.63, 3.8) is 0 Å². The first-order chi connectivity index (χ1) is 14.2. The van der Waals surface area contributed by atoms with Gasteiger partial charge < -0.3 is 9.84 Å². The van der Waals surface area contributed by atoms with E-state index in [1.807, 2.05) is 0 Å². The number of ether oxygens (including phenoxy) is 1. The molecule has 0 saturated carbocycles. The van der Waals surface area contributed by atoms with Gasteiger partial charge in [0.1, 0.15) is 5.75 Å². The van der Waals surface area contributed by atoms with Crippen molar-refractivity contribution < 1.29 is 23.0 Å². The van der Waals surface area contributed by atoms with Gasteiger partial charge in [-0.1, -0.05) is 28.1 Å². The van der Waals surface area contributed by atoms with Gasteiger partial charge in [0.15, 0.2) is 0 Å². The number of alkyl halides is 3. The Morgan fingerprint density at radius 3 is 2.33 bits per heavy atom. The van der Waals surface area contributed by atoms with E-state index in [1.165, 1.54) is 0 Å². The van der Waals surface area contributed by atoms with Gasteiger partial charge in [-0.2, -0.15) is 23.3 Å². The van der Waals surface area contributed by atoms with Crippen molar-refractivity contribution in [2.45, 2.75) is 18.3 Å². The Hall–Kier alpha value is -2.43. The molecule has 0 unspecified atom stereocenters. The lowest BCUT2D eigenvalue weighted by atomic mass is 10.0. The number of benzene rings is 2. The van der Waals surface area contributed by atoms with Gasteiger partial charge >= 0.3 is 6.18 Å². The van der Waals surface area contributed by atoms with Crippen LogP contribution in [-0.2, 0) is 0 Å². The molecule has 0 bridgehead atoms. The second-order valence-electron chi connectivity index (χ2n) is 6.60. The van der Waals surface area contributed by atoms with Crippen LogP contribution in [0.15, 0.2) is 63.5 Å². The summed E-state index contributed by atoms with van der Waals surface area (Å²) in [7, 11) is 1.54. The SMILES string of the molecule is COc1ccc(-c2csc(N3N=C(c4ccc(Br)cc4)C[C@@]3(O)C(F)(F)F)n2)cc1. The number of hydrazone groups is 1. The van der Waals surface area contributed by atoms with Crippen molar-refractivity contribution in [1.82, 2.24) is 4.98 Å². The Kier molecular flexibility index (Phi) is 5.33. The lowest BCUT2D eigenvalue weighted by molar-refractivity contribution is -0.254. The number of hydrogen-bond donors (Lipinski definition) is 1. The maximum absolute atomic E-state index is 13.8. The van der Waals surface area contributed by atoms with Gasteiger partial charge in [0.2, 0.25) is 5.13 Å². The molecule has 2 aromatic carbocycles. The van der Waals surface area contributed by atoms with E-state index in [9.17, 15) is 18.3 Å². The molecule has 1 atom stereocenters. The van der Waals surface area contributed by atoms with Gasteiger partial charge in [-0.3, -0.25) is 0 Å². The minimum absolute atomic E-state index is 0.0484. The molecule has 0 aliphatic carbocycles. The number of anilines is 1. The van der Waals surface area contributed by atoms with E-state index in [0.717, 1.165) is 15.8 Å². The summed E-state index contributed by atoms with van der Waals surface area (Å²) in [6.45, 7) is 0. The fraction of sp³-hybridized carbons (Fsp3) is 0.200. The summed E-state index contributed by atoms with van der Waals surface area (Å²) in [5.41, 5.74) is -1.36. The lowest BCUT2D eigenvalue weighted by Gasteiger charge is -2.32. The summed E-state index contributed by atoms with van der Waals surface area (Å²) in [4.78, 5) is 4.30. The number of rotatable bonds is 4. The Morgan fingerprint density at radius 1 is 1.10 bits per heavy atom. The highest BCUT2D eigenvalue weighted by molar-refractivity contribution is 9.10. The molecule has 0 fully saturated rings. The highest BCUT2D eigenvalue weighted by Gasteiger charge is 2.62. The number of aromatic nitrogens is 1. The van der Waals surface area contributed by atoms with E-state index in [1.54, 1.807) is 61.0 Å². The average Bonchev–Trinajstić information content (AvgIpc) is 3.33. The Bertz CT molecular complexity index is 1080. The molecule has 2 heterocycles. The molecule has 0 radical (unpaired) electrons. The first-order valence-corrected chi connectivity index (χ1v) is 10.4. The van der Waals surface area contributed by atoms with Crippen molar-refractivity contribution in [3.05, 3.63) is 63.9 Å². The van der Waals surface area contributed by atoms with Crippen LogP contribution >= 0.6 is 27.3 Å². The van der Waals surface area contributed by atoms with Crippen LogP contribution in [0.4, 0.5) is 18.3 Å². The summed E-state index contributed by atoms with van der Waals surface area (Å²) >= 11 is 4.27. The summed E-state index contributed by atoms with van der Waals surface area (Å²) in [5.74, 6) is 0.656. The zero-order chi connectivity index (χ0) is 21.5. The number of thiazole rings is 1. The number of aliphatic hydroxyl groups is 1. The summed E-state index contributed by atoms with van der Waals surface area (Å²) in [5, 5.41) is 16.9. The summed E-state index contributed by atoms with van der Waals surface area (Å²) in [6.07, 6.45) is -5.63. The van der Waals surface area contributed by atoms with Crippen LogP contribution in [0, 0.1) is 0 Å². The van der Waals surface area contributed by atoms with Crippen molar-refractivity contribution in [3.8, 4) is 17.0 Å². The molecule has 4 rings (SSSR count). The van der Waals surface area contributed by atoms with E-state index < -0.39 is 18.3 Å². The zero-order valence-electron chi connectivity index (χ0n) is 15.5. The third-order valence-corrected chi connectivity index (χ3v) is 6.02. The fourth-order valence-corrected chi connectivity index (χ4v) is 4.14. The lowest BCUT2D eigenvalue weighted by Crippen LogP contribution is -2.55. The van der Waals surface area contributed by atoms with Crippen LogP contribution in [0.3, 0.4) is 0 Å². The number of nitrogens with zero attached hydrogens (tertiary/aromatic N) is 3. The van der Waals surface area contributed by atoms with Gasteiger partial charge in [0.05, 0.1) is 24.9 Å². The van der Waals surface area contributed by atoms with E-state index in [2.05, 4.69) is 26.0 Å². The normalized spacial score (nSPS) is 19.1. The smallest absolute Gasteiger partial charge is 0.438 e. The highest BCUT2D eigenvalue weighted by atomic mass is 79.9. The van der Waals surface area contributed by atoms with E-state index in [-0.39, 0.29) is 10.8 Å². The second kappa shape index (κ2) is 7.68. The van der Waals surface area contributed by atoms with E-state index >= 15 is 0 Å². The van der Waals surface area contributed by atoms with Crippen LogP contribution in [0.2, 0.25) is 0 Å².